The Morgan fingerprint density at radius 2 is 1.73 bits per heavy atom. The van der Waals surface area contributed by atoms with Crippen LogP contribution in [0.3, 0.4) is 0 Å². The molecule has 1 aromatic carbocycles. The summed E-state index contributed by atoms with van der Waals surface area (Å²) in [5.74, 6) is -3.60. The van der Waals surface area contributed by atoms with Crippen molar-refractivity contribution in [3.63, 3.8) is 0 Å². The lowest BCUT2D eigenvalue weighted by atomic mass is 10.1. The molecule has 0 spiro atoms. The first kappa shape index (κ1) is 21.2. The molecule has 0 bridgehead atoms. The van der Waals surface area contributed by atoms with Crippen LogP contribution in [0.2, 0.25) is 0 Å². The van der Waals surface area contributed by atoms with Crippen LogP contribution in [0.4, 0.5) is 23.7 Å². The summed E-state index contributed by atoms with van der Waals surface area (Å²) in [5.41, 5.74) is -1.02. The Morgan fingerprint density at radius 1 is 1.12 bits per heavy atom. The van der Waals surface area contributed by atoms with Gasteiger partial charge in [-0.15, -0.1) is 0 Å². The monoisotopic (exact) mass is 377 g/mol. The van der Waals surface area contributed by atoms with Crippen LogP contribution in [0.15, 0.2) is 18.2 Å². The lowest BCUT2D eigenvalue weighted by molar-refractivity contribution is -0.173. The van der Waals surface area contributed by atoms with E-state index in [-0.39, 0.29) is 5.69 Å². The van der Waals surface area contributed by atoms with Crippen molar-refractivity contribution < 1.29 is 37.8 Å². The topological polar surface area (TPSA) is 128 Å². The highest BCUT2D eigenvalue weighted by molar-refractivity contribution is 5.90. The number of aryl methyl sites for hydroxylation is 1. The molecule has 8 nitrogen and oxygen atoms in total. The summed E-state index contributed by atoms with van der Waals surface area (Å²) in [6.45, 7) is 1.68. The third kappa shape index (κ3) is 6.59. The number of halogens is 3. The molecule has 26 heavy (non-hydrogen) atoms. The van der Waals surface area contributed by atoms with Crippen LogP contribution >= 0.6 is 0 Å². The Balaban J connectivity index is 2.71. The molecule has 0 saturated heterocycles. The average molecular weight is 377 g/mol. The Labute approximate surface area is 146 Å². The average Bonchev–Trinajstić information content (AvgIpc) is 2.49. The van der Waals surface area contributed by atoms with E-state index in [1.807, 2.05) is 0 Å². The van der Waals surface area contributed by atoms with Gasteiger partial charge in [0.05, 0.1) is 6.54 Å². The summed E-state index contributed by atoms with van der Waals surface area (Å²) in [6.07, 6.45) is -4.99. The summed E-state index contributed by atoms with van der Waals surface area (Å²) < 4.78 is 36.5. The summed E-state index contributed by atoms with van der Waals surface area (Å²) in [5, 5.41) is 24.5. The minimum absolute atomic E-state index is 0.216. The second-order valence-electron chi connectivity index (χ2n) is 5.77. The standard InChI is InChI=1S/C15H18F3N3O5/c1-8-3-9(6-19-11(22)15(16,17)18)5-10(4-8)21-13(25)20-7-14(2,26)12(23)24/h3-5,26H,6-7H2,1-2H3,(H,19,22)(H,23,24)(H2,20,21,25). The zero-order valence-electron chi connectivity index (χ0n) is 13.9. The maximum atomic E-state index is 12.2. The van der Waals surface area contributed by atoms with Gasteiger partial charge in [-0.25, -0.2) is 9.59 Å². The van der Waals surface area contributed by atoms with Crippen molar-refractivity contribution in [2.75, 3.05) is 11.9 Å². The molecule has 144 valence electrons. The number of carbonyl (C=O) groups excluding carboxylic acids is 2. The van der Waals surface area contributed by atoms with Crippen molar-refractivity contribution >= 4 is 23.6 Å². The summed E-state index contributed by atoms with van der Waals surface area (Å²) >= 11 is 0. The van der Waals surface area contributed by atoms with Crippen LogP contribution in [0.5, 0.6) is 0 Å². The molecule has 0 aliphatic carbocycles. The molecule has 0 fully saturated rings. The van der Waals surface area contributed by atoms with Crippen molar-refractivity contribution in [1.29, 1.82) is 0 Å². The molecule has 5 N–H and O–H groups in total. The number of rotatable bonds is 6. The first-order chi connectivity index (χ1) is 11.8. The van der Waals surface area contributed by atoms with E-state index in [0.717, 1.165) is 6.92 Å². The molecule has 1 aromatic rings. The number of aliphatic carboxylic acids is 1. The number of hydrogen-bond acceptors (Lipinski definition) is 4. The number of carboxylic acid groups (broad SMARTS) is 1. The molecular weight excluding hydrogens is 359 g/mol. The number of anilines is 1. The number of benzene rings is 1. The van der Waals surface area contributed by atoms with Crippen LogP contribution in [0.25, 0.3) is 0 Å². The first-order valence-corrected chi connectivity index (χ1v) is 7.27. The molecule has 0 radical (unpaired) electrons. The number of urea groups is 1. The predicted octanol–water partition coefficient (Wildman–Crippen LogP) is 1.13. The Hall–Kier alpha value is -2.82. The molecule has 0 heterocycles. The SMILES string of the molecule is Cc1cc(CNC(=O)C(F)(F)F)cc(NC(=O)NCC(C)(O)C(=O)O)c1. The molecule has 0 aromatic heterocycles. The van der Waals surface area contributed by atoms with E-state index in [1.165, 1.54) is 18.2 Å². The van der Waals surface area contributed by atoms with Crippen LogP contribution in [-0.2, 0) is 16.1 Å². The second-order valence-corrected chi connectivity index (χ2v) is 5.77. The van der Waals surface area contributed by atoms with E-state index in [2.05, 4.69) is 10.6 Å². The highest BCUT2D eigenvalue weighted by Gasteiger charge is 2.38. The zero-order valence-corrected chi connectivity index (χ0v) is 13.9. The van der Waals surface area contributed by atoms with E-state index in [9.17, 15) is 32.7 Å². The lowest BCUT2D eigenvalue weighted by Crippen LogP contribution is -2.47. The van der Waals surface area contributed by atoms with Crippen molar-refractivity contribution in [2.45, 2.75) is 32.2 Å². The quantitative estimate of drug-likeness (QED) is 0.508. The van der Waals surface area contributed by atoms with Crippen LogP contribution < -0.4 is 16.0 Å². The van der Waals surface area contributed by atoms with E-state index >= 15 is 0 Å². The van der Waals surface area contributed by atoms with Gasteiger partial charge in [-0.2, -0.15) is 13.2 Å². The third-order valence-electron chi connectivity index (χ3n) is 3.16. The Morgan fingerprint density at radius 3 is 2.27 bits per heavy atom. The molecule has 1 rings (SSSR count). The van der Waals surface area contributed by atoms with Crippen molar-refractivity contribution in [2.24, 2.45) is 0 Å². The number of nitrogens with one attached hydrogen (secondary N) is 3. The van der Waals surface area contributed by atoms with Gasteiger partial charge in [0.2, 0.25) is 0 Å². The fourth-order valence-corrected chi connectivity index (χ4v) is 1.82. The van der Waals surface area contributed by atoms with Gasteiger partial charge in [0.15, 0.2) is 5.60 Å². The zero-order chi connectivity index (χ0) is 20.1. The van der Waals surface area contributed by atoms with Crippen LogP contribution in [-0.4, -0.2) is 46.4 Å². The molecule has 1 atom stereocenters. The molecular formula is C15H18F3N3O5. The van der Waals surface area contributed by atoms with Gasteiger partial charge in [0.25, 0.3) is 0 Å². The third-order valence-corrected chi connectivity index (χ3v) is 3.16. The highest BCUT2D eigenvalue weighted by atomic mass is 19.4. The van der Waals surface area contributed by atoms with E-state index in [1.54, 1.807) is 12.2 Å². The van der Waals surface area contributed by atoms with Crippen LogP contribution in [0, 0.1) is 6.92 Å². The maximum Gasteiger partial charge on any atom is 0.471 e. The van der Waals surface area contributed by atoms with Crippen LogP contribution in [0.1, 0.15) is 18.1 Å². The minimum Gasteiger partial charge on any atom is -0.479 e. The van der Waals surface area contributed by atoms with Gasteiger partial charge in [0.1, 0.15) is 0 Å². The summed E-state index contributed by atoms with van der Waals surface area (Å²) in [7, 11) is 0. The Kier molecular flexibility index (Phi) is 6.56. The molecule has 3 amide bonds. The number of amides is 3. The van der Waals surface area contributed by atoms with E-state index in [4.69, 9.17) is 5.11 Å². The fourth-order valence-electron chi connectivity index (χ4n) is 1.82. The van der Waals surface area contributed by atoms with E-state index in [0.29, 0.717) is 11.1 Å². The van der Waals surface area contributed by atoms with Gasteiger partial charge >= 0.3 is 24.1 Å². The van der Waals surface area contributed by atoms with Crippen molar-refractivity contribution in [1.82, 2.24) is 10.6 Å². The van der Waals surface area contributed by atoms with Gasteiger partial charge in [-0.3, -0.25) is 4.79 Å². The lowest BCUT2D eigenvalue weighted by Gasteiger charge is -2.18. The molecule has 11 heteroatoms. The number of hydrogen-bond donors (Lipinski definition) is 5. The van der Waals surface area contributed by atoms with Gasteiger partial charge in [-0.1, -0.05) is 6.07 Å². The highest BCUT2D eigenvalue weighted by Crippen LogP contribution is 2.17. The Bertz CT molecular complexity index is 704. The summed E-state index contributed by atoms with van der Waals surface area (Å²) in [4.78, 5) is 33.3. The second kappa shape index (κ2) is 8.04. The van der Waals surface area contributed by atoms with Crippen molar-refractivity contribution in [3.8, 4) is 0 Å². The fraction of sp³-hybridized carbons (Fsp3) is 0.400. The molecule has 1 unspecified atom stereocenters. The smallest absolute Gasteiger partial charge is 0.471 e. The molecule has 0 aliphatic heterocycles. The number of aliphatic hydroxyl groups is 1. The molecule has 0 saturated carbocycles. The first-order valence-electron chi connectivity index (χ1n) is 7.27. The largest absolute Gasteiger partial charge is 0.479 e. The number of alkyl halides is 3. The summed E-state index contributed by atoms with van der Waals surface area (Å²) in [6, 6.07) is 3.57. The van der Waals surface area contributed by atoms with Gasteiger partial charge < -0.3 is 26.2 Å². The van der Waals surface area contributed by atoms with Crippen molar-refractivity contribution in [3.05, 3.63) is 29.3 Å². The number of carboxylic acids is 1. The maximum absolute atomic E-state index is 12.2. The number of carbonyl (C=O) groups is 3. The minimum atomic E-state index is -4.99. The van der Waals surface area contributed by atoms with E-state index < -0.39 is 42.8 Å². The normalized spacial score (nSPS) is 13.5. The van der Waals surface area contributed by atoms with Gasteiger partial charge in [-0.05, 0) is 37.1 Å². The predicted molar refractivity (Wildman–Crippen MR) is 84.4 cm³/mol. The van der Waals surface area contributed by atoms with Gasteiger partial charge in [0, 0.05) is 12.2 Å². The molecule has 0 aliphatic rings.